The van der Waals surface area contributed by atoms with E-state index in [-0.39, 0.29) is 18.9 Å². The van der Waals surface area contributed by atoms with Crippen LogP contribution in [0.5, 0.6) is 0 Å². The van der Waals surface area contributed by atoms with Gasteiger partial charge in [-0.3, -0.25) is 4.79 Å². The Balaban J connectivity index is 2.56. The third kappa shape index (κ3) is 5.45. The predicted octanol–water partition coefficient (Wildman–Crippen LogP) is 1.25. The van der Waals surface area contributed by atoms with E-state index in [0.29, 0.717) is 13.0 Å². The van der Waals surface area contributed by atoms with Gasteiger partial charge in [-0.05, 0) is 12.0 Å². The molecule has 0 N–H and O–H groups in total. The van der Waals surface area contributed by atoms with E-state index in [2.05, 4.69) is 4.74 Å². The number of methoxy groups -OCH3 is 1. The second kappa shape index (κ2) is 8.11. The van der Waals surface area contributed by atoms with Gasteiger partial charge in [-0.15, -0.1) is 0 Å². The molecule has 7 heteroatoms. The van der Waals surface area contributed by atoms with E-state index < -0.39 is 10.2 Å². The van der Waals surface area contributed by atoms with Crippen molar-refractivity contribution >= 4 is 16.2 Å². The van der Waals surface area contributed by atoms with Crippen molar-refractivity contribution in [2.45, 2.75) is 19.4 Å². The molecule has 0 aromatic heterocycles. The van der Waals surface area contributed by atoms with Crippen molar-refractivity contribution < 1.29 is 17.9 Å². The van der Waals surface area contributed by atoms with Crippen LogP contribution in [-0.2, 0) is 26.3 Å². The molecule has 21 heavy (non-hydrogen) atoms. The Kier molecular flexibility index (Phi) is 6.80. The normalized spacial score (nSPS) is 11.9. The van der Waals surface area contributed by atoms with Gasteiger partial charge >= 0.3 is 5.97 Å². The Bertz CT molecular complexity index is 545. The van der Waals surface area contributed by atoms with Gasteiger partial charge in [0, 0.05) is 33.6 Å². The lowest BCUT2D eigenvalue weighted by Gasteiger charge is -2.24. The number of esters is 1. The zero-order valence-corrected chi connectivity index (χ0v) is 13.5. The van der Waals surface area contributed by atoms with Gasteiger partial charge in [-0.2, -0.15) is 17.0 Å². The Morgan fingerprint density at radius 3 is 2.33 bits per heavy atom. The van der Waals surface area contributed by atoms with Crippen LogP contribution in [0.2, 0.25) is 0 Å². The number of hydrogen-bond acceptors (Lipinski definition) is 4. The van der Waals surface area contributed by atoms with Gasteiger partial charge < -0.3 is 4.74 Å². The molecule has 1 rings (SSSR count). The largest absolute Gasteiger partial charge is 0.469 e. The van der Waals surface area contributed by atoms with Crippen LogP contribution in [0, 0.1) is 0 Å². The van der Waals surface area contributed by atoms with E-state index in [1.54, 1.807) is 7.05 Å². The van der Waals surface area contributed by atoms with Crippen molar-refractivity contribution in [1.29, 1.82) is 0 Å². The third-order valence-electron chi connectivity index (χ3n) is 3.12. The first-order valence-electron chi connectivity index (χ1n) is 6.66. The van der Waals surface area contributed by atoms with Gasteiger partial charge in [-0.1, -0.05) is 30.3 Å². The first kappa shape index (κ1) is 17.6. The minimum absolute atomic E-state index is 0.207. The van der Waals surface area contributed by atoms with Crippen LogP contribution in [0.4, 0.5) is 0 Å². The predicted molar refractivity (Wildman–Crippen MR) is 80.7 cm³/mol. The zero-order valence-electron chi connectivity index (χ0n) is 12.7. The van der Waals surface area contributed by atoms with E-state index in [1.807, 2.05) is 30.3 Å². The topological polar surface area (TPSA) is 66.9 Å². The number of nitrogens with zero attached hydrogens (tertiary/aromatic N) is 2. The molecule has 6 nitrogen and oxygen atoms in total. The highest BCUT2D eigenvalue weighted by Crippen LogP contribution is 2.10. The van der Waals surface area contributed by atoms with Gasteiger partial charge in [0.2, 0.25) is 0 Å². The lowest BCUT2D eigenvalue weighted by Crippen LogP contribution is -2.39. The van der Waals surface area contributed by atoms with Gasteiger partial charge in [0.15, 0.2) is 0 Å². The highest BCUT2D eigenvalue weighted by Gasteiger charge is 2.23. The number of carbonyl (C=O) groups excluding carboxylic acids is 1. The van der Waals surface area contributed by atoms with Crippen LogP contribution in [-0.4, -0.2) is 50.7 Å². The average molecular weight is 314 g/mol. The molecule has 0 fully saturated rings. The molecule has 0 heterocycles. The maximum atomic E-state index is 12.3. The summed E-state index contributed by atoms with van der Waals surface area (Å²) < 4.78 is 31.7. The summed E-state index contributed by atoms with van der Waals surface area (Å²) in [5.74, 6) is -0.335. The van der Waals surface area contributed by atoms with Crippen LogP contribution in [0.15, 0.2) is 30.3 Å². The number of hydrogen-bond donors (Lipinski definition) is 0. The number of rotatable bonds is 8. The summed E-state index contributed by atoms with van der Waals surface area (Å²) in [4.78, 5) is 11.0. The SMILES string of the molecule is COC(=O)CCCN(C)S(=O)(=O)N(C)Cc1ccccc1. The van der Waals surface area contributed by atoms with E-state index >= 15 is 0 Å². The van der Waals surface area contributed by atoms with Crippen molar-refractivity contribution in [1.82, 2.24) is 8.61 Å². The van der Waals surface area contributed by atoms with Crippen molar-refractivity contribution in [3.05, 3.63) is 35.9 Å². The summed E-state index contributed by atoms with van der Waals surface area (Å²) in [6.45, 7) is 0.584. The molecule has 1 aromatic carbocycles. The smallest absolute Gasteiger partial charge is 0.305 e. The molecule has 0 spiro atoms. The molecule has 0 radical (unpaired) electrons. The molecular formula is C14H22N2O4S. The van der Waals surface area contributed by atoms with Crippen molar-refractivity contribution in [2.24, 2.45) is 0 Å². The minimum Gasteiger partial charge on any atom is -0.469 e. The molecule has 0 atom stereocenters. The Morgan fingerprint density at radius 2 is 1.76 bits per heavy atom. The first-order valence-corrected chi connectivity index (χ1v) is 8.06. The molecule has 0 saturated heterocycles. The molecule has 0 aliphatic carbocycles. The summed E-state index contributed by atoms with van der Waals surface area (Å²) in [5, 5.41) is 0. The molecule has 118 valence electrons. The van der Waals surface area contributed by atoms with E-state index in [0.717, 1.165) is 5.56 Å². The molecule has 0 aliphatic rings. The highest BCUT2D eigenvalue weighted by atomic mass is 32.2. The fourth-order valence-corrected chi connectivity index (χ4v) is 2.97. The van der Waals surface area contributed by atoms with Crippen LogP contribution in [0.3, 0.4) is 0 Å². The summed E-state index contributed by atoms with van der Waals surface area (Å²) in [6.07, 6.45) is 0.639. The summed E-state index contributed by atoms with van der Waals surface area (Å²) in [6, 6.07) is 9.38. The molecule has 0 saturated carbocycles. The lowest BCUT2D eigenvalue weighted by atomic mass is 10.2. The molecule has 0 bridgehead atoms. The zero-order chi connectivity index (χ0) is 15.9. The highest BCUT2D eigenvalue weighted by molar-refractivity contribution is 7.86. The van der Waals surface area contributed by atoms with E-state index in [4.69, 9.17) is 0 Å². The lowest BCUT2D eigenvalue weighted by molar-refractivity contribution is -0.140. The van der Waals surface area contributed by atoms with Gasteiger partial charge in [-0.25, -0.2) is 0 Å². The Hall–Kier alpha value is -1.44. The minimum atomic E-state index is -3.53. The summed E-state index contributed by atoms with van der Waals surface area (Å²) in [7, 11) is 0.837. The second-order valence-corrected chi connectivity index (χ2v) is 6.89. The van der Waals surface area contributed by atoms with E-state index in [9.17, 15) is 13.2 Å². The number of carbonyl (C=O) groups is 1. The standard InChI is InChI=1S/C14H22N2O4S/c1-15(11-7-10-14(17)20-3)21(18,19)16(2)12-13-8-5-4-6-9-13/h4-6,8-9H,7,10-12H2,1-3H3. The molecular weight excluding hydrogens is 292 g/mol. The Morgan fingerprint density at radius 1 is 1.14 bits per heavy atom. The fourth-order valence-electron chi connectivity index (χ4n) is 1.82. The van der Waals surface area contributed by atoms with Crippen LogP contribution in [0.1, 0.15) is 18.4 Å². The molecule has 1 aromatic rings. The maximum Gasteiger partial charge on any atom is 0.305 e. The monoisotopic (exact) mass is 314 g/mol. The summed E-state index contributed by atoms with van der Waals surface area (Å²) in [5.41, 5.74) is 0.923. The maximum absolute atomic E-state index is 12.3. The van der Waals surface area contributed by atoms with Gasteiger partial charge in [0.05, 0.1) is 7.11 Å². The molecule has 0 amide bonds. The first-order chi connectivity index (χ1) is 9.87. The van der Waals surface area contributed by atoms with Crippen LogP contribution >= 0.6 is 0 Å². The number of ether oxygens (including phenoxy) is 1. The molecule has 0 unspecified atom stereocenters. The van der Waals surface area contributed by atoms with Crippen LogP contribution in [0.25, 0.3) is 0 Å². The second-order valence-electron chi connectivity index (χ2n) is 4.75. The van der Waals surface area contributed by atoms with Crippen molar-refractivity contribution in [3.8, 4) is 0 Å². The fraction of sp³-hybridized carbons (Fsp3) is 0.500. The summed E-state index contributed by atoms with van der Waals surface area (Å²) >= 11 is 0. The Labute approximate surface area is 126 Å². The van der Waals surface area contributed by atoms with Crippen molar-refractivity contribution in [3.63, 3.8) is 0 Å². The van der Waals surface area contributed by atoms with Gasteiger partial charge in [0.25, 0.3) is 10.2 Å². The van der Waals surface area contributed by atoms with Gasteiger partial charge in [0.1, 0.15) is 0 Å². The number of benzene rings is 1. The van der Waals surface area contributed by atoms with Crippen LogP contribution < -0.4 is 0 Å². The quantitative estimate of drug-likeness (QED) is 0.677. The van der Waals surface area contributed by atoms with E-state index in [1.165, 1.54) is 22.8 Å². The average Bonchev–Trinajstić information content (AvgIpc) is 2.47. The third-order valence-corrected chi connectivity index (χ3v) is 5.00. The molecule has 0 aliphatic heterocycles. The van der Waals surface area contributed by atoms with Crippen molar-refractivity contribution in [2.75, 3.05) is 27.7 Å².